The highest BCUT2D eigenvalue weighted by Gasteiger charge is 2.41. The second kappa shape index (κ2) is 10.1. The van der Waals surface area contributed by atoms with E-state index in [-0.39, 0.29) is 29.9 Å². The number of hydrogen-bond donors (Lipinski definition) is 1. The van der Waals surface area contributed by atoms with Crippen LogP contribution in [0.3, 0.4) is 0 Å². The van der Waals surface area contributed by atoms with E-state index in [9.17, 15) is 9.59 Å². The molecule has 4 rings (SSSR count). The van der Waals surface area contributed by atoms with Crippen LogP contribution in [0.15, 0.2) is 42.6 Å². The Morgan fingerprint density at radius 1 is 1.25 bits per heavy atom. The molecule has 2 aliphatic rings. The van der Waals surface area contributed by atoms with Crippen LogP contribution in [0, 0.1) is 0 Å². The summed E-state index contributed by atoms with van der Waals surface area (Å²) in [4.78, 5) is 32.6. The predicted octanol–water partition coefficient (Wildman–Crippen LogP) is 4.02. The average Bonchev–Trinajstić information content (AvgIpc) is 3.20. The third-order valence-electron chi connectivity index (χ3n) is 6.67. The number of anilines is 1. The Bertz CT molecular complexity index is 962. The van der Waals surface area contributed by atoms with E-state index in [1.807, 2.05) is 23.1 Å². The van der Waals surface area contributed by atoms with Gasteiger partial charge in [0.15, 0.2) is 0 Å². The fourth-order valence-electron chi connectivity index (χ4n) is 4.79. The number of pyridine rings is 1. The largest absolute Gasteiger partial charge is 0.465 e. The van der Waals surface area contributed by atoms with Crippen molar-refractivity contribution in [2.45, 2.75) is 37.1 Å². The number of esters is 1. The van der Waals surface area contributed by atoms with Gasteiger partial charge in [-0.3, -0.25) is 4.90 Å². The van der Waals surface area contributed by atoms with Gasteiger partial charge in [0, 0.05) is 42.3 Å². The molecule has 1 aliphatic heterocycles. The molecule has 9 heteroatoms. The molecule has 2 amide bonds. The monoisotopic (exact) mass is 478 g/mol. The molecule has 2 fully saturated rings. The van der Waals surface area contributed by atoms with Crippen molar-refractivity contribution in [3.05, 3.63) is 58.7 Å². The van der Waals surface area contributed by atoms with Crippen LogP contribution in [0.1, 0.15) is 41.6 Å². The van der Waals surface area contributed by atoms with Crippen molar-refractivity contribution in [2.24, 2.45) is 5.73 Å². The Hall–Kier alpha value is -2.35. The van der Waals surface area contributed by atoms with E-state index in [1.54, 1.807) is 17.0 Å². The predicted molar refractivity (Wildman–Crippen MR) is 127 cm³/mol. The number of nitrogens with zero attached hydrogens (tertiary/aromatic N) is 3. The summed E-state index contributed by atoms with van der Waals surface area (Å²) < 4.78 is 4.70. The number of hydrogen-bond acceptors (Lipinski definition) is 5. The topological polar surface area (TPSA) is 88.8 Å². The number of methoxy groups -OCH3 is 1. The lowest BCUT2D eigenvalue weighted by atomic mass is 9.68. The number of benzene rings is 1. The second-order valence-corrected chi connectivity index (χ2v) is 8.69. The van der Waals surface area contributed by atoms with Crippen LogP contribution in [0.2, 0.25) is 5.02 Å². The Labute approximate surface area is 199 Å². The zero-order valence-electron chi connectivity index (χ0n) is 18.0. The van der Waals surface area contributed by atoms with Gasteiger partial charge in [-0.1, -0.05) is 23.7 Å². The van der Waals surface area contributed by atoms with Gasteiger partial charge in [-0.25, -0.2) is 14.6 Å². The fraction of sp³-hybridized carbons (Fsp3) is 0.435. The molecule has 1 saturated carbocycles. The van der Waals surface area contributed by atoms with Crippen LogP contribution < -0.4 is 10.6 Å². The maximum Gasteiger partial charge on any atom is 0.339 e. The summed E-state index contributed by atoms with van der Waals surface area (Å²) in [5.41, 5.74) is 7.67. The van der Waals surface area contributed by atoms with E-state index in [1.165, 1.54) is 18.9 Å². The average molecular weight is 479 g/mol. The first-order valence-electron chi connectivity index (χ1n) is 10.6. The summed E-state index contributed by atoms with van der Waals surface area (Å²) in [5, 5.41) is 0.725. The Kier molecular flexibility index (Phi) is 7.64. The van der Waals surface area contributed by atoms with Crippen LogP contribution in [0.5, 0.6) is 0 Å². The van der Waals surface area contributed by atoms with Crippen molar-refractivity contribution in [2.75, 3.05) is 31.6 Å². The molecule has 0 radical (unpaired) electrons. The van der Waals surface area contributed by atoms with Gasteiger partial charge in [0.1, 0.15) is 5.82 Å². The molecule has 1 saturated heterocycles. The molecule has 0 spiro atoms. The molecule has 1 aromatic heterocycles. The van der Waals surface area contributed by atoms with E-state index in [4.69, 9.17) is 22.1 Å². The maximum absolute atomic E-state index is 13.1. The summed E-state index contributed by atoms with van der Waals surface area (Å²) >= 11 is 6.21. The molecular weight excluding hydrogens is 451 g/mol. The van der Waals surface area contributed by atoms with Crippen LogP contribution in [-0.2, 0) is 10.2 Å². The number of nitrogens with two attached hydrogens (primary N) is 1. The van der Waals surface area contributed by atoms with Crippen molar-refractivity contribution in [1.29, 1.82) is 0 Å². The number of amides is 2. The summed E-state index contributed by atoms with van der Waals surface area (Å²) in [5.74, 6) is 0.102. The molecular formula is C23H28Cl2N4O3. The van der Waals surface area contributed by atoms with Crippen molar-refractivity contribution in [3.63, 3.8) is 0 Å². The minimum absolute atomic E-state index is 0. The first-order chi connectivity index (χ1) is 15.0. The lowest BCUT2D eigenvalue weighted by Gasteiger charge is -2.42. The number of ether oxygens (including phenoxy) is 1. The second-order valence-electron chi connectivity index (χ2n) is 8.25. The number of carbonyl (C=O) groups excluding carboxylic acids is 2. The molecule has 0 atom stereocenters. The fourth-order valence-corrected chi connectivity index (χ4v) is 4.98. The summed E-state index contributed by atoms with van der Waals surface area (Å²) in [6.07, 6.45) is 5.09. The van der Waals surface area contributed by atoms with Crippen molar-refractivity contribution in [3.8, 4) is 0 Å². The minimum atomic E-state index is -0.446. The Balaban J connectivity index is 0.00000289. The Morgan fingerprint density at radius 2 is 2.00 bits per heavy atom. The lowest BCUT2D eigenvalue weighted by Crippen LogP contribution is -2.47. The SMILES string of the molecule is COC(=O)c1ccc(N2CCN(C3CCC(CN)(c4cccc(Cl)c4)CC3)C2=O)nc1.Cl. The van der Waals surface area contributed by atoms with E-state index in [0.29, 0.717) is 31.0 Å². The van der Waals surface area contributed by atoms with Crippen molar-refractivity contribution < 1.29 is 14.3 Å². The van der Waals surface area contributed by atoms with Gasteiger partial charge in [0.2, 0.25) is 0 Å². The third kappa shape index (κ3) is 4.56. The first-order valence-corrected chi connectivity index (χ1v) is 10.9. The van der Waals surface area contributed by atoms with Crippen LogP contribution >= 0.6 is 24.0 Å². The van der Waals surface area contributed by atoms with Gasteiger partial charge in [0.25, 0.3) is 0 Å². The number of halogens is 2. The minimum Gasteiger partial charge on any atom is -0.465 e. The van der Waals surface area contributed by atoms with E-state index in [0.717, 1.165) is 30.7 Å². The molecule has 7 nitrogen and oxygen atoms in total. The number of aromatic nitrogens is 1. The maximum atomic E-state index is 13.1. The summed E-state index contributed by atoms with van der Waals surface area (Å²) in [6.45, 7) is 1.81. The quantitative estimate of drug-likeness (QED) is 0.655. The molecule has 2 heterocycles. The van der Waals surface area contributed by atoms with Crippen molar-refractivity contribution in [1.82, 2.24) is 9.88 Å². The van der Waals surface area contributed by atoms with E-state index in [2.05, 4.69) is 11.1 Å². The molecule has 1 aromatic carbocycles. The smallest absolute Gasteiger partial charge is 0.339 e. The van der Waals surface area contributed by atoms with Crippen LogP contribution in [0.25, 0.3) is 0 Å². The molecule has 2 N–H and O–H groups in total. The number of urea groups is 1. The highest BCUT2D eigenvalue weighted by molar-refractivity contribution is 6.30. The normalized spacial score (nSPS) is 23.1. The molecule has 172 valence electrons. The standard InChI is InChI=1S/C23H27ClN4O3.ClH/c1-31-21(29)16-5-6-20(26-14-16)28-12-11-27(22(28)30)19-7-9-23(15-25,10-8-19)17-3-2-4-18(24)13-17;/h2-6,13-14,19H,7-12,15,25H2,1H3;1H. The molecule has 0 unspecified atom stereocenters. The molecule has 32 heavy (non-hydrogen) atoms. The van der Waals surface area contributed by atoms with E-state index >= 15 is 0 Å². The lowest BCUT2D eigenvalue weighted by molar-refractivity contribution is 0.0600. The zero-order valence-corrected chi connectivity index (χ0v) is 19.6. The third-order valence-corrected chi connectivity index (χ3v) is 6.90. The van der Waals surface area contributed by atoms with Crippen molar-refractivity contribution >= 4 is 41.8 Å². The van der Waals surface area contributed by atoms with Gasteiger partial charge in [0.05, 0.1) is 12.7 Å². The molecule has 0 bridgehead atoms. The van der Waals surface area contributed by atoms with Gasteiger partial charge in [-0.2, -0.15) is 0 Å². The van der Waals surface area contributed by atoms with Gasteiger partial charge >= 0.3 is 12.0 Å². The van der Waals surface area contributed by atoms with Crippen LogP contribution in [0.4, 0.5) is 10.6 Å². The van der Waals surface area contributed by atoms with Gasteiger partial charge in [-0.15, -0.1) is 12.4 Å². The van der Waals surface area contributed by atoms with E-state index < -0.39 is 5.97 Å². The molecule has 1 aliphatic carbocycles. The summed E-state index contributed by atoms with van der Waals surface area (Å²) in [6, 6.07) is 11.4. The molecule has 2 aromatic rings. The highest BCUT2D eigenvalue weighted by atomic mass is 35.5. The zero-order chi connectivity index (χ0) is 22.0. The highest BCUT2D eigenvalue weighted by Crippen LogP contribution is 2.41. The number of carbonyl (C=O) groups is 2. The summed E-state index contributed by atoms with van der Waals surface area (Å²) in [7, 11) is 1.33. The van der Waals surface area contributed by atoms with Gasteiger partial charge in [-0.05, 0) is 55.5 Å². The first kappa shape index (κ1) is 24.3. The Morgan fingerprint density at radius 3 is 2.59 bits per heavy atom. The van der Waals surface area contributed by atoms with Gasteiger partial charge < -0.3 is 15.4 Å². The number of rotatable bonds is 5. The van der Waals surface area contributed by atoms with Crippen LogP contribution in [-0.4, -0.2) is 54.7 Å².